The summed E-state index contributed by atoms with van der Waals surface area (Å²) in [5.74, 6) is 0. The lowest BCUT2D eigenvalue weighted by molar-refractivity contribution is -0.384. The summed E-state index contributed by atoms with van der Waals surface area (Å²) in [6.07, 6.45) is -2.99. The fourth-order valence-corrected chi connectivity index (χ4v) is 2.27. The van der Waals surface area contributed by atoms with Crippen LogP contribution in [0, 0.1) is 10.1 Å². The van der Waals surface area contributed by atoms with Gasteiger partial charge in [-0.1, -0.05) is 19.1 Å². The Bertz CT molecular complexity index is 810. The highest BCUT2D eigenvalue weighted by atomic mass is 32.1. The maximum atomic E-state index is 12.3. The highest BCUT2D eigenvalue weighted by Crippen LogP contribution is 2.14. The quantitative estimate of drug-likeness (QED) is 0.242. The summed E-state index contributed by atoms with van der Waals surface area (Å²) in [6.45, 7) is 2.23. The molecule has 13 heteroatoms. The zero-order chi connectivity index (χ0) is 22.0. The van der Waals surface area contributed by atoms with Gasteiger partial charge in [-0.3, -0.25) is 21.0 Å². The molecule has 1 rings (SSSR count). The number of hydrazone groups is 2. The SMILES string of the molecule is CCCC(=S)NN=C(C)C(=NNC(=S)NCC(F)(F)F)c1ccc([N+](=O)[O-])cc1. The fourth-order valence-electron chi connectivity index (χ4n) is 1.90. The van der Waals surface area contributed by atoms with E-state index in [0.29, 0.717) is 22.7 Å². The van der Waals surface area contributed by atoms with E-state index in [1.54, 1.807) is 6.92 Å². The van der Waals surface area contributed by atoms with E-state index in [0.717, 1.165) is 6.42 Å². The van der Waals surface area contributed by atoms with Gasteiger partial charge in [0.15, 0.2) is 5.11 Å². The van der Waals surface area contributed by atoms with Crippen LogP contribution in [-0.2, 0) is 0 Å². The molecule has 29 heavy (non-hydrogen) atoms. The van der Waals surface area contributed by atoms with Crippen molar-refractivity contribution in [3.63, 3.8) is 0 Å². The monoisotopic (exact) mass is 448 g/mol. The number of nitrogens with one attached hydrogen (secondary N) is 3. The third kappa shape index (κ3) is 9.38. The number of nitro groups is 1. The minimum atomic E-state index is -4.44. The van der Waals surface area contributed by atoms with Crippen molar-refractivity contribution in [1.82, 2.24) is 16.2 Å². The van der Waals surface area contributed by atoms with Crippen LogP contribution in [-0.4, -0.2) is 39.2 Å². The van der Waals surface area contributed by atoms with Gasteiger partial charge in [0.2, 0.25) is 0 Å². The van der Waals surface area contributed by atoms with Gasteiger partial charge in [-0.2, -0.15) is 23.4 Å². The van der Waals surface area contributed by atoms with Crippen molar-refractivity contribution in [2.75, 3.05) is 6.54 Å². The Morgan fingerprint density at radius 1 is 1.17 bits per heavy atom. The van der Waals surface area contributed by atoms with Gasteiger partial charge >= 0.3 is 6.18 Å². The lowest BCUT2D eigenvalue weighted by atomic mass is 10.1. The predicted octanol–water partition coefficient (Wildman–Crippen LogP) is 3.42. The number of hydrogen-bond acceptors (Lipinski definition) is 6. The van der Waals surface area contributed by atoms with E-state index in [-0.39, 0.29) is 16.5 Å². The van der Waals surface area contributed by atoms with Gasteiger partial charge in [0.1, 0.15) is 12.3 Å². The Balaban J connectivity index is 3.07. The molecule has 0 bridgehead atoms. The van der Waals surface area contributed by atoms with Gasteiger partial charge in [0.25, 0.3) is 5.69 Å². The van der Waals surface area contributed by atoms with Crippen LogP contribution in [0.15, 0.2) is 34.5 Å². The molecule has 0 aliphatic heterocycles. The average molecular weight is 448 g/mol. The normalized spacial score (nSPS) is 12.3. The summed E-state index contributed by atoms with van der Waals surface area (Å²) in [5, 5.41) is 20.6. The molecule has 158 valence electrons. The molecule has 0 saturated heterocycles. The number of hydrogen-bond donors (Lipinski definition) is 3. The number of non-ortho nitro benzene ring substituents is 1. The minimum absolute atomic E-state index is 0.125. The molecule has 0 spiro atoms. The van der Waals surface area contributed by atoms with E-state index in [2.05, 4.69) is 21.1 Å². The second-order valence-electron chi connectivity index (χ2n) is 5.66. The summed E-state index contributed by atoms with van der Waals surface area (Å²) < 4.78 is 36.8. The van der Waals surface area contributed by atoms with Crippen LogP contribution < -0.4 is 16.2 Å². The van der Waals surface area contributed by atoms with Crippen molar-refractivity contribution in [3.8, 4) is 0 Å². The van der Waals surface area contributed by atoms with E-state index >= 15 is 0 Å². The van der Waals surface area contributed by atoms with Crippen LogP contribution in [0.4, 0.5) is 18.9 Å². The lowest BCUT2D eigenvalue weighted by Gasteiger charge is -2.12. The largest absolute Gasteiger partial charge is 0.405 e. The highest BCUT2D eigenvalue weighted by Gasteiger charge is 2.27. The van der Waals surface area contributed by atoms with Crippen molar-refractivity contribution in [3.05, 3.63) is 39.9 Å². The molecule has 1 aromatic rings. The molecule has 0 aromatic heterocycles. The van der Waals surface area contributed by atoms with Crippen molar-refractivity contribution < 1.29 is 18.1 Å². The fraction of sp³-hybridized carbons (Fsp3) is 0.375. The molecule has 0 heterocycles. The molecule has 0 radical (unpaired) electrons. The molecule has 0 aliphatic carbocycles. The third-order valence-electron chi connectivity index (χ3n) is 3.24. The summed E-state index contributed by atoms with van der Waals surface area (Å²) in [7, 11) is 0. The zero-order valence-electron chi connectivity index (χ0n) is 15.5. The molecule has 3 N–H and O–H groups in total. The predicted molar refractivity (Wildman–Crippen MR) is 113 cm³/mol. The average Bonchev–Trinajstić information content (AvgIpc) is 2.65. The van der Waals surface area contributed by atoms with Crippen LogP contribution in [0.2, 0.25) is 0 Å². The van der Waals surface area contributed by atoms with E-state index in [1.165, 1.54) is 24.3 Å². The minimum Gasteiger partial charge on any atom is -0.352 e. The second-order valence-corrected chi connectivity index (χ2v) is 6.56. The maximum Gasteiger partial charge on any atom is 0.405 e. The van der Waals surface area contributed by atoms with Crippen molar-refractivity contribution in [1.29, 1.82) is 0 Å². The zero-order valence-corrected chi connectivity index (χ0v) is 17.2. The number of thiocarbonyl (C=S) groups is 2. The van der Waals surface area contributed by atoms with Crippen LogP contribution in [0.5, 0.6) is 0 Å². The molecule has 0 saturated carbocycles. The Morgan fingerprint density at radius 3 is 2.31 bits per heavy atom. The molecule has 0 unspecified atom stereocenters. The smallest absolute Gasteiger partial charge is 0.352 e. The summed E-state index contributed by atoms with van der Waals surface area (Å²) in [5.41, 5.74) is 5.88. The summed E-state index contributed by atoms with van der Waals surface area (Å²) in [4.78, 5) is 10.8. The molecule has 0 atom stereocenters. The molecular weight excluding hydrogens is 429 g/mol. The van der Waals surface area contributed by atoms with Gasteiger partial charge in [0.05, 0.1) is 15.6 Å². The number of alkyl halides is 3. The Morgan fingerprint density at radius 2 is 1.79 bits per heavy atom. The summed E-state index contributed by atoms with van der Waals surface area (Å²) >= 11 is 9.89. The first-order chi connectivity index (χ1) is 13.5. The first-order valence-electron chi connectivity index (χ1n) is 8.30. The molecule has 0 aliphatic rings. The molecule has 8 nitrogen and oxygen atoms in total. The van der Waals surface area contributed by atoms with E-state index < -0.39 is 17.6 Å². The first-order valence-corrected chi connectivity index (χ1v) is 9.11. The number of nitrogens with zero attached hydrogens (tertiary/aromatic N) is 3. The van der Waals surface area contributed by atoms with Gasteiger partial charge in [-0.15, -0.1) is 0 Å². The van der Waals surface area contributed by atoms with Crippen molar-refractivity contribution >= 4 is 51.6 Å². The molecular formula is C16H19F3N6O2S2. The Kier molecular flexibility index (Phi) is 9.55. The van der Waals surface area contributed by atoms with Crippen molar-refractivity contribution in [2.45, 2.75) is 32.9 Å². The van der Waals surface area contributed by atoms with Gasteiger partial charge < -0.3 is 5.32 Å². The van der Waals surface area contributed by atoms with Crippen LogP contribution >= 0.6 is 24.4 Å². The van der Waals surface area contributed by atoms with Crippen LogP contribution in [0.1, 0.15) is 32.3 Å². The van der Waals surface area contributed by atoms with E-state index in [4.69, 9.17) is 24.4 Å². The van der Waals surface area contributed by atoms with Gasteiger partial charge in [-0.25, -0.2) is 0 Å². The van der Waals surface area contributed by atoms with E-state index in [9.17, 15) is 23.3 Å². The van der Waals surface area contributed by atoms with Crippen molar-refractivity contribution in [2.24, 2.45) is 10.2 Å². The Hall–Kier alpha value is -2.67. The van der Waals surface area contributed by atoms with Gasteiger partial charge in [-0.05, 0) is 44.1 Å². The second kappa shape index (κ2) is 11.4. The standard InChI is InChI=1S/C16H19F3N6O2S2/c1-3-4-13(28)22-21-10(2)14(11-5-7-12(8-6-11)25(26)27)23-24-15(29)20-9-16(17,18)19/h5-8H,3-4,9H2,1-2H3,(H,22,28)(H2,20,24,29). The number of nitro benzene ring substituents is 1. The Labute approximate surface area is 175 Å². The number of halogens is 3. The summed E-state index contributed by atoms with van der Waals surface area (Å²) in [6, 6.07) is 5.42. The molecule has 0 amide bonds. The highest BCUT2D eigenvalue weighted by molar-refractivity contribution is 7.80. The number of benzene rings is 1. The topological polar surface area (TPSA) is 104 Å². The van der Waals surface area contributed by atoms with Crippen LogP contribution in [0.3, 0.4) is 0 Å². The van der Waals surface area contributed by atoms with Crippen LogP contribution in [0.25, 0.3) is 0 Å². The first kappa shape index (κ1) is 24.4. The van der Waals surface area contributed by atoms with E-state index in [1.807, 2.05) is 12.2 Å². The number of rotatable bonds is 8. The molecule has 1 aromatic carbocycles. The molecule has 0 fully saturated rings. The third-order valence-corrected chi connectivity index (χ3v) is 3.77. The van der Waals surface area contributed by atoms with Gasteiger partial charge in [0, 0.05) is 17.7 Å². The lowest BCUT2D eigenvalue weighted by Crippen LogP contribution is -2.39. The maximum absolute atomic E-state index is 12.3.